The lowest BCUT2D eigenvalue weighted by Crippen LogP contribution is -2.52. The first kappa shape index (κ1) is 13.1. The van der Waals surface area contributed by atoms with Crippen LogP contribution in [-0.4, -0.2) is 35.5 Å². The van der Waals surface area contributed by atoms with Crippen LogP contribution in [0.5, 0.6) is 0 Å². The minimum absolute atomic E-state index is 0.126. The van der Waals surface area contributed by atoms with Gasteiger partial charge in [-0.3, -0.25) is 0 Å². The van der Waals surface area contributed by atoms with Gasteiger partial charge >= 0.3 is 6.18 Å². The van der Waals surface area contributed by atoms with Crippen molar-refractivity contribution in [2.75, 3.05) is 18.1 Å². The van der Waals surface area contributed by atoms with Crippen molar-refractivity contribution < 1.29 is 17.9 Å². The summed E-state index contributed by atoms with van der Waals surface area (Å²) in [6.45, 7) is 1.13. The lowest BCUT2D eigenvalue weighted by molar-refractivity contribution is -0.138. The van der Waals surface area contributed by atoms with Gasteiger partial charge in [-0.1, -0.05) is 24.2 Å². The number of alkyl halides is 3. The van der Waals surface area contributed by atoms with Gasteiger partial charge in [0.05, 0.1) is 18.8 Å². The van der Waals surface area contributed by atoms with Crippen molar-refractivity contribution in [2.45, 2.75) is 44.0 Å². The molecule has 19 heavy (non-hydrogen) atoms. The van der Waals surface area contributed by atoms with E-state index in [1.807, 2.05) is 4.90 Å². The Morgan fingerprint density at radius 1 is 1.21 bits per heavy atom. The quantitative estimate of drug-likeness (QED) is 0.798. The summed E-state index contributed by atoms with van der Waals surface area (Å²) in [5.41, 5.74) is 0. The predicted octanol–water partition coefficient (Wildman–Crippen LogP) is 2.70. The molecule has 0 spiro atoms. The monoisotopic (exact) mass is 293 g/mol. The molecule has 1 aliphatic heterocycles. The van der Waals surface area contributed by atoms with E-state index in [-0.39, 0.29) is 12.1 Å². The van der Waals surface area contributed by atoms with Crippen LogP contribution in [0, 0.1) is 0 Å². The van der Waals surface area contributed by atoms with Crippen LogP contribution in [0.25, 0.3) is 0 Å². The maximum absolute atomic E-state index is 12.6. The molecule has 1 saturated heterocycles. The van der Waals surface area contributed by atoms with Gasteiger partial charge in [0.2, 0.25) is 10.1 Å². The van der Waals surface area contributed by atoms with Gasteiger partial charge in [0.1, 0.15) is 0 Å². The summed E-state index contributed by atoms with van der Waals surface area (Å²) < 4.78 is 43.4. The molecule has 2 heterocycles. The van der Waals surface area contributed by atoms with Gasteiger partial charge in [-0.2, -0.15) is 13.2 Å². The van der Waals surface area contributed by atoms with Crippen LogP contribution in [0.1, 0.15) is 30.7 Å². The Hall–Kier alpha value is -0.890. The van der Waals surface area contributed by atoms with Gasteiger partial charge in [-0.25, -0.2) is 0 Å². The van der Waals surface area contributed by atoms with Crippen molar-refractivity contribution in [1.29, 1.82) is 0 Å². The summed E-state index contributed by atoms with van der Waals surface area (Å²) in [5.74, 6) is 0. The highest BCUT2D eigenvalue weighted by atomic mass is 32.1. The molecule has 8 heteroatoms. The fourth-order valence-corrected chi connectivity index (χ4v) is 3.58. The van der Waals surface area contributed by atoms with Crippen LogP contribution in [0.4, 0.5) is 18.3 Å². The highest BCUT2D eigenvalue weighted by Gasteiger charge is 2.39. The number of hydrogen-bond acceptors (Lipinski definition) is 5. The normalized spacial score (nSPS) is 28.3. The SMILES string of the molecule is FC(F)(F)c1nnc(N2CCOC3CCCCC32)s1. The van der Waals surface area contributed by atoms with Gasteiger partial charge in [0, 0.05) is 6.54 Å². The van der Waals surface area contributed by atoms with Crippen LogP contribution >= 0.6 is 11.3 Å². The summed E-state index contributed by atoms with van der Waals surface area (Å²) in [4.78, 5) is 1.94. The minimum Gasteiger partial charge on any atom is -0.374 e. The van der Waals surface area contributed by atoms with Crippen molar-refractivity contribution in [3.8, 4) is 0 Å². The number of rotatable bonds is 1. The average molecular weight is 293 g/mol. The molecule has 1 aromatic heterocycles. The zero-order valence-electron chi connectivity index (χ0n) is 10.2. The fraction of sp³-hybridized carbons (Fsp3) is 0.818. The number of ether oxygens (including phenoxy) is 1. The third-order valence-electron chi connectivity index (χ3n) is 3.63. The average Bonchev–Trinajstić information content (AvgIpc) is 2.87. The number of aromatic nitrogens is 2. The van der Waals surface area contributed by atoms with Crippen LogP contribution < -0.4 is 4.90 Å². The molecule has 3 rings (SSSR count). The molecule has 0 amide bonds. The van der Waals surface area contributed by atoms with Crippen molar-refractivity contribution in [3.63, 3.8) is 0 Å². The fourth-order valence-electron chi connectivity index (χ4n) is 2.78. The van der Waals surface area contributed by atoms with Gasteiger partial charge in [0.15, 0.2) is 0 Å². The Balaban J connectivity index is 1.82. The van der Waals surface area contributed by atoms with E-state index in [0.717, 1.165) is 25.7 Å². The van der Waals surface area contributed by atoms with E-state index in [9.17, 15) is 13.2 Å². The topological polar surface area (TPSA) is 38.2 Å². The Morgan fingerprint density at radius 3 is 2.74 bits per heavy atom. The molecule has 2 aliphatic rings. The molecular weight excluding hydrogens is 279 g/mol. The van der Waals surface area contributed by atoms with E-state index in [4.69, 9.17) is 4.74 Å². The van der Waals surface area contributed by atoms with E-state index in [1.165, 1.54) is 0 Å². The first-order chi connectivity index (χ1) is 9.05. The predicted molar refractivity (Wildman–Crippen MR) is 64.3 cm³/mol. The van der Waals surface area contributed by atoms with Crippen LogP contribution in [0.15, 0.2) is 0 Å². The number of anilines is 1. The first-order valence-corrected chi connectivity index (χ1v) is 7.16. The largest absolute Gasteiger partial charge is 0.445 e. The van der Waals surface area contributed by atoms with Crippen molar-refractivity contribution in [2.24, 2.45) is 0 Å². The molecule has 0 radical (unpaired) electrons. The van der Waals surface area contributed by atoms with Gasteiger partial charge in [0.25, 0.3) is 0 Å². The maximum Gasteiger partial charge on any atom is 0.445 e. The maximum atomic E-state index is 12.6. The van der Waals surface area contributed by atoms with Crippen molar-refractivity contribution in [1.82, 2.24) is 10.2 Å². The Labute approximate surface area is 112 Å². The Morgan fingerprint density at radius 2 is 2.00 bits per heavy atom. The van der Waals surface area contributed by atoms with E-state index >= 15 is 0 Å². The van der Waals surface area contributed by atoms with E-state index in [2.05, 4.69) is 10.2 Å². The Bertz CT molecular complexity index is 449. The van der Waals surface area contributed by atoms with E-state index in [0.29, 0.717) is 29.6 Å². The van der Waals surface area contributed by atoms with Gasteiger partial charge in [-0.05, 0) is 12.8 Å². The third kappa shape index (κ3) is 2.55. The number of fused-ring (bicyclic) bond motifs is 1. The lowest BCUT2D eigenvalue weighted by Gasteiger charge is -2.43. The summed E-state index contributed by atoms with van der Waals surface area (Å²) in [6, 6.07) is 0.150. The zero-order valence-corrected chi connectivity index (χ0v) is 11.0. The second-order valence-corrected chi connectivity index (χ2v) is 5.80. The summed E-state index contributed by atoms with van der Waals surface area (Å²) in [7, 11) is 0. The zero-order chi connectivity index (χ0) is 13.5. The van der Waals surface area contributed by atoms with Gasteiger partial charge < -0.3 is 9.64 Å². The number of morpholine rings is 1. The number of halogens is 3. The van der Waals surface area contributed by atoms with E-state index in [1.54, 1.807) is 0 Å². The van der Waals surface area contributed by atoms with Crippen LogP contribution in [-0.2, 0) is 10.9 Å². The van der Waals surface area contributed by atoms with Crippen molar-refractivity contribution >= 4 is 16.5 Å². The molecule has 0 N–H and O–H groups in total. The highest BCUT2D eigenvalue weighted by Crippen LogP contribution is 2.37. The third-order valence-corrected chi connectivity index (χ3v) is 4.64. The van der Waals surface area contributed by atoms with E-state index < -0.39 is 11.2 Å². The summed E-state index contributed by atoms with van der Waals surface area (Å²) in [6.07, 6.45) is -0.141. The van der Waals surface area contributed by atoms with Crippen molar-refractivity contribution in [3.05, 3.63) is 5.01 Å². The highest BCUT2D eigenvalue weighted by molar-refractivity contribution is 7.15. The molecule has 1 aromatic rings. The molecule has 106 valence electrons. The van der Waals surface area contributed by atoms with Crippen LogP contribution in [0.2, 0.25) is 0 Å². The molecule has 0 aromatic carbocycles. The second-order valence-electron chi connectivity index (χ2n) is 4.84. The molecule has 4 nitrogen and oxygen atoms in total. The smallest absolute Gasteiger partial charge is 0.374 e. The summed E-state index contributed by atoms with van der Waals surface area (Å²) in [5, 5.41) is 6.47. The lowest BCUT2D eigenvalue weighted by atomic mass is 9.90. The number of hydrogen-bond donors (Lipinski definition) is 0. The molecule has 2 unspecified atom stereocenters. The molecular formula is C11H14F3N3OS. The second kappa shape index (κ2) is 4.90. The molecule has 2 fully saturated rings. The Kier molecular flexibility index (Phi) is 3.38. The molecule has 1 saturated carbocycles. The summed E-state index contributed by atoms with van der Waals surface area (Å²) >= 11 is 0.625. The molecule has 2 atom stereocenters. The molecule has 0 bridgehead atoms. The molecule has 1 aliphatic carbocycles. The van der Waals surface area contributed by atoms with Crippen LogP contribution in [0.3, 0.4) is 0 Å². The standard InChI is InChI=1S/C11H14F3N3OS/c12-11(13,14)9-15-16-10(19-9)17-5-6-18-8-4-2-1-3-7(8)17/h7-8H,1-6H2. The number of nitrogens with zero attached hydrogens (tertiary/aromatic N) is 3. The first-order valence-electron chi connectivity index (χ1n) is 6.34. The van der Waals surface area contributed by atoms with Gasteiger partial charge in [-0.15, -0.1) is 10.2 Å². The minimum atomic E-state index is -4.41.